The third kappa shape index (κ3) is 2.31. The largest absolute Gasteiger partial charge is 0.534 e. The molecule has 0 fully saturated rings. The fourth-order valence-corrected chi connectivity index (χ4v) is 1.32. The monoisotopic (exact) mass is 233 g/mol. The molecule has 9 heteroatoms. The van der Waals surface area contributed by atoms with E-state index >= 15 is 0 Å². The van der Waals surface area contributed by atoms with E-state index in [1.54, 1.807) is 0 Å². The lowest BCUT2D eigenvalue weighted by Crippen LogP contribution is -2.28. The minimum atomic E-state index is -5.58. The first-order valence-electron chi connectivity index (χ1n) is 2.72. The molecular weight excluding hydrogens is 231 g/mol. The fraction of sp³-hybridized carbons (Fsp3) is 0.250. The van der Waals surface area contributed by atoms with Crippen LogP contribution in [0.25, 0.3) is 0 Å². The average molecular weight is 233 g/mol. The Morgan fingerprint density at radius 2 is 2.08 bits per heavy atom. The van der Waals surface area contributed by atoms with Crippen molar-refractivity contribution in [2.45, 2.75) is 5.51 Å². The maximum Gasteiger partial charge on any atom is 0.534 e. The first kappa shape index (κ1) is 10.3. The van der Waals surface area contributed by atoms with Crippen LogP contribution in [0.15, 0.2) is 10.9 Å². The zero-order chi connectivity index (χ0) is 10.1. The van der Waals surface area contributed by atoms with Crippen molar-refractivity contribution in [1.82, 2.24) is 4.98 Å². The number of aromatic nitrogens is 1. The summed E-state index contributed by atoms with van der Waals surface area (Å²) in [5, 5.41) is 1.04. The van der Waals surface area contributed by atoms with Crippen LogP contribution >= 0.6 is 11.3 Å². The Morgan fingerprint density at radius 1 is 1.46 bits per heavy atom. The van der Waals surface area contributed by atoms with Crippen molar-refractivity contribution in [1.29, 1.82) is 0 Å². The lowest BCUT2D eigenvalue weighted by atomic mass is 10.9. The van der Waals surface area contributed by atoms with Crippen LogP contribution < -0.4 is 4.18 Å². The maximum absolute atomic E-state index is 11.7. The summed E-state index contributed by atoms with van der Waals surface area (Å²) >= 11 is 0.923. The van der Waals surface area contributed by atoms with Gasteiger partial charge in [-0.1, -0.05) is 0 Å². The zero-order valence-electron chi connectivity index (χ0n) is 5.78. The first-order valence-corrected chi connectivity index (χ1v) is 5.07. The summed E-state index contributed by atoms with van der Waals surface area (Å²) in [6, 6.07) is 0. The van der Waals surface area contributed by atoms with Gasteiger partial charge in [0, 0.05) is 0 Å². The molecule has 74 valence electrons. The van der Waals surface area contributed by atoms with Gasteiger partial charge in [0.25, 0.3) is 0 Å². The van der Waals surface area contributed by atoms with Crippen LogP contribution in [-0.2, 0) is 10.1 Å². The van der Waals surface area contributed by atoms with E-state index in [1.807, 2.05) is 0 Å². The molecule has 0 amide bonds. The molecule has 1 aromatic heterocycles. The summed E-state index contributed by atoms with van der Waals surface area (Å²) < 4.78 is 59.4. The third-order valence-electron chi connectivity index (χ3n) is 0.888. The number of halogens is 3. The van der Waals surface area contributed by atoms with Crippen LogP contribution in [0.5, 0.6) is 5.88 Å². The second-order valence-electron chi connectivity index (χ2n) is 1.81. The second kappa shape index (κ2) is 3.14. The van der Waals surface area contributed by atoms with Crippen molar-refractivity contribution < 1.29 is 25.8 Å². The Labute approximate surface area is 75.1 Å². The van der Waals surface area contributed by atoms with Crippen LogP contribution in [0.2, 0.25) is 0 Å². The summed E-state index contributed by atoms with van der Waals surface area (Å²) in [6.07, 6.45) is 0. The molecule has 0 saturated heterocycles. The molecule has 0 spiro atoms. The Balaban J connectivity index is 2.87. The van der Waals surface area contributed by atoms with Crippen molar-refractivity contribution >= 4 is 21.5 Å². The van der Waals surface area contributed by atoms with Gasteiger partial charge in [-0.25, -0.2) is 4.98 Å². The molecule has 0 radical (unpaired) electrons. The van der Waals surface area contributed by atoms with Gasteiger partial charge in [0.2, 0.25) is 5.88 Å². The molecule has 13 heavy (non-hydrogen) atoms. The molecule has 0 aliphatic carbocycles. The second-order valence-corrected chi connectivity index (χ2v) is 4.07. The smallest absolute Gasteiger partial charge is 0.354 e. The number of hydrogen-bond acceptors (Lipinski definition) is 5. The topological polar surface area (TPSA) is 56.3 Å². The molecule has 0 aliphatic rings. The van der Waals surface area contributed by atoms with Gasteiger partial charge in [0.15, 0.2) is 0 Å². The first-order chi connectivity index (χ1) is 5.83. The molecule has 4 nitrogen and oxygen atoms in total. The van der Waals surface area contributed by atoms with E-state index in [-0.39, 0.29) is 0 Å². The van der Waals surface area contributed by atoms with Crippen molar-refractivity contribution in [2.24, 2.45) is 0 Å². The number of rotatable bonds is 2. The predicted octanol–water partition coefficient (Wildman–Crippen LogP) is 1.37. The highest BCUT2D eigenvalue weighted by Gasteiger charge is 2.48. The normalized spacial score (nSPS) is 12.8. The van der Waals surface area contributed by atoms with E-state index in [4.69, 9.17) is 0 Å². The Kier molecular flexibility index (Phi) is 2.48. The fourth-order valence-electron chi connectivity index (χ4n) is 0.402. The Hall–Kier alpha value is -0.830. The van der Waals surface area contributed by atoms with Crippen LogP contribution in [0.1, 0.15) is 0 Å². The molecule has 0 saturated carbocycles. The molecule has 1 heterocycles. The zero-order valence-corrected chi connectivity index (χ0v) is 7.41. The number of nitrogens with zero attached hydrogens (tertiary/aromatic N) is 1. The average Bonchev–Trinajstić information content (AvgIpc) is 2.35. The molecule has 1 aromatic rings. The van der Waals surface area contributed by atoms with Gasteiger partial charge in [-0.15, -0.1) is 11.3 Å². The van der Waals surface area contributed by atoms with Gasteiger partial charge in [0.05, 0.1) is 10.9 Å². The van der Waals surface area contributed by atoms with Gasteiger partial charge in [0.1, 0.15) is 0 Å². The van der Waals surface area contributed by atoms with E-state index in [0.717, 1.165) is 22.2 Å². The third-order valence-corrected chi connectivity index (χ3v) is 2.41. The summed E-state index contributed by atoms with van der Waals surface area (Å²) in [4.78, 5) is 3.23. The number of hydrogen-bond donors (Lipinski definition) is 0. The van der Waals surface area contributed by atoms with E-state index in [0.29, 0.717) is 0 Å². The van der Waals surface area contributed by atoms with Crippen LogP contribution in [0.3, 0.4) is 0 Å². The van der Waals surface area contributed by atoms with E-state index in [9.17, 15) is 21.6 Å². The van der Waals surface area contributed by atoms with Crippen LogP contribution in [0, 0.1) is 0 Å². The van der Waals surface area contributed by atoms with Crippen molar-refractivity contribution in [3.63, 3.8) is 0 Å². The van der Waals surface area contributed by atoms with Crippen molar-refractivity contribution in [3.8, 4) is 5.88 Å². The van der Waals surface area contributed by atoms with E-state index in [1.165, 1.54) is 0 Å². The Bertz CT molecular complexity index is 368. The molecule has 1 rings (SSSR count). The molecule has 0 unspecified atom stereocenters. The van der Waals surface area contributed by atoms with Crippen molar-refractivity contribution in [2.75, 3.05) is 0 Å². The standard InChI is InChI=1S/C4H2F3NO3S2/c5-4(6,7)13(9,10)11-3-1-12-2-8-3/h1-2H. The van der Waals surface area contributed by atoms with E-state index < -0.39 is 21.5 Å². The van der Waals surface area contributed by atoms with Crippen LogP contribution in [-0.4, -0.2) is 18.9 Å². The lowest BCUT2D eigenvalue weighted by molar-refractivity contribution is -0.0501. The van der Waals surface area contributed by atoms with Gasteiger partial charge in [-0.05, 0) is 0 Å². The highest BCUT2D eigenvalue weighted by molar-refractivity contribution is 7.88. The molecule has 0 bridgehead atoms. The molecule has 0 aromatic carbocycles. The van der Waals surface area contributed by atoms with Gasteiger partial charge in [-0.3, -0.25) is 0 Å². The molecule has 0 atom stereocenters. The van der Waals surface area contributed by atoms with E-state index in [2.05, 4.69) is 9.17 Å². The van der Waals surface area contributed by atoms with Crippen LogP contribution in [0.4, 0.5) is 13.2 Å². The SMILES string of the molecule is O=S(=O)(Oc1cscn1)C(F)(F)F. The minimum Gasteiger partial charge on any atom is -0.354 e. The summed E-state index contributed by atoms with van der Waals surface area (Å²) in [5.74, 6) is -0.581. The van der Waals surface area contributed by atoms with Gasteiger partial charge in [-0.2, -0.15) is 21.6 Å². The minimum absolute atomic E-state index is 0.581. The predicted molar refractivity (Wildman–Crippen MR) is 37.7 cm³/mol. The highest BCUT2D eigenvalue weighted by atomic mass is 32.2. The van der Waals surface area contributed by atoms with Crippen molar-refractivity contribution in [3.05, 3.63) is 10.9 Å². The summed E-state index contributed by atoms with van der Waals surface area (Å²) in [7, 11) is -5.58. The summed E-state index contributed by atoms with van der Waals surface area (Å²) in [6.45, 7) is 0. The quantitative estimate of drug-likeness (QED) is 0.572. The lowest BCUT2D eigenvalue weighted by Gasteiger charge is -2.06. The maximum atomic E-state index is 11.7. The van der Waals surface area contributed by atoms with Gasteiger partial charge >= 0.3 is 15.6 Å². The summed E-state index contributed by atoms with van der Waals surface area (Å²) in [5.41, 5.74) is -4.27. The molecule has 0 N–H and O–H groups in total. The Morgan fingerprint density at radius 3 is 2.46 bits per heavy atom. The highest BCUT2D eigenvalue weighted by Crippen LogP contribution is 2.26. The molecular formula is C4H2F3NO3S2. The van der Waals surface area contributed by atoms with Gasteiger partial charge < -0.3 is 4.18 Å². The number of alkyl halides is 3. The molecule has 0 aliphatic heterocycles. The number of thiazole rings is 1.